The zero-order valence-electron chi connectivity index (χ0n) is 33.0. The number of ether oxygens (including phenoxy) is 2. The number of hydrogen-bond donors (Lipinski definition) is 1. The lowest BCUT2D eigenvalue weighted by molar-refractivity contribution is -0.870. The number of rotatable bonds is 33. The lowest BCUT2D eigenvalue weighted by Crippen LogP contribution is -2.37. The summed E-state index contributed by atoms with van der Waals surface area (Å²) in [6, 6.07) is 0. The largest absolute Gasteiger partial charge is 0.472 e. The highest BCUT2D eigenvalue weighted by Crippen LogP contribution is 2.43. The summed E-state index contributed by atoms with van der Waals surface area (Å²) >= 11 is 0. The number of esters is 2. The Bertz CT molecular complexity index is 1160. The van der Waals surface area contributed by atoms with Crippen LogP contribution in [0.5, 0.6) is 0 Å². The van der Waals surface area contributed by atoms with Gasteiger partial charge in [0.2, 0.25) is 0 Å². The summed E-state index contributed by atoms with van der Waals surface area (Å²) < 4.78 is 34.1. The number of carbonyl (C=O) groups excluding carboxylic acids is 2. The van der Waals surface area contributed by atoms with Crippen LogP contribution in [0.3, 0.4) is 0 Å². The van der Waals surface area contributed by atoms with Crippen molar-refractivity contribution in [1.82, 2.24) is 0 Å². The van der Waals surface area contributed by atoms with E-state index in [0.29, 0.717) is 30.3 Å². The number of unbranched alkanes of at least 4 members (excludes halogenated alkanes) is 10. The van der Waals surface area contributed by atoms with Crippen LogP contribution in [-0.4, -0.2) is 74.9 Å². The van der Waals surface area contributed by atoms with Gasteiger partial charge in [0, 0.05) is 12.8 Å². The van der Waals surface area contributed by atoms with Gasteiger partial charge in [0.05, 0.1) is 27.7 Å². The van der Waals surface area contributed by atoms with Crippen molar-refractivity contribution in [3.63, 3.8) is 0 Å². The van der Waals surface area contributed by atoms with Gasteiger partial charge in [-0.05, 0) is 51.4 Å². The molecule has 0 fully saturated rings. The quantitative estimate of drug-likeness (QED) is 0.0232. The van der Waals surface area contributed by atoms with Gasteiger partial charge in [-0.25, -0.2) is 4.57 Å². The predicted molar refractivity (Wildman–Crippen MR) is 215 cm³/mol. The third-order valence-corrected chi connectivity index (χ3v) is 8.55. The van der Waals surface area contributed by atoms with Crippen LogP contribution < -0.4 is 0 Å². The molecule has 0 aliphatic carbocycles. The molecule has 0 aliphatic heterocycles. The smallest absolute Gasteiger partial charge is 0.462 e. The van der Waals surface area contributed by atoms with E-state index < -0.39 is 32.5 Å². The first kappa shape index (κ1) is 49.2. The van der Waals surface area contributed by atoms with Crippen LogP contribution in [0.4, 0.5) is 0 Å². The number of likely N-dealkylation sites (N-methyl/N-ethyl adjacent to an activating group) is 1. The van der Waals surface area contributed by atoms with Gasteiger partial charge in [-0.1, -0.05) is 137 Å². The standard InChI is InChI=1S/C42H70NO8P/c1-6-8-10-12-14-16-18-20-21-23-24-26-28-30-32-34-41(44)48-38-40(39-50-52(46,47)49-37-36-43(3,4)5)51-42(45)35-33-31-29-27-25-22-19-17-15-13-11-9-7-2/h9,11,13-20,22,25,27,29,40H,6-8,10,12,21,23-24,26,28,30-39H2,1-5H3/p+1/b11-9+,15-13+,16-14+,19-17+,20-18+,25-22+,29-27+. The van der Waals surface area contributed by atoms with E-state index in [1.807, 2.05) is 75.8 Å². The summed E-state index contributed by atoms with van der Waals surface area (Å²) in [5.41, 5.74) is 0. The second-order valence-corrected chi connectivity index (χ2v) is 15.2. The average molecular weight is 749 g/mol. The van der Waals surface area contributed by atoms with Crippen molar-refractivity contribution >= 4 is 19.8 Å². The van der Waals surface area contributed by atoms with Crippen molar-refractivity contribution in [3.05, 3.63) is 85.1 Å². The van der Waals surface area contributed by atoms with Crippen molar-refractivity contribution in [2.24, 2.45) is 0 Å². The Hall–Kier alpha value is -2.81. The van der Waals surface area contributed by atoms with E-state index in [4.69, 9.17) is 18.5 Å². The average Bonchev–Trinajstić information content (AvgIpc) is 3.09. The van der Waals surface area contributed by atoms with Gasteiger partial charge in [-0.15, -0.1) is 0 Å². The monoisotopic (exact) mass is 748 g/mol. The molecule has 0 bridgehead atoms. The first-order valence-corrected chi connectivity index (χ1v) is 20.9. The normalized spacial score (nSPS) is 14.7. The van der Waals surface area contributed by atoms with Gasteiger partial charge in [-0.2, -0.15) is 0 Å². The van der Waals surface area contributed by atoms with Crippen LogP contribution in [0.25, 0.3) is 0 Å². The minimum atomic E-state index is -4.40. The number of allylic oxidation sites excluding steroid dienone is 14. The lowest BCUT2D eigenvalue weighted by Gasteiger charge is -2.24. The molecule has 0 heterocycles. The van der Waals surface area contributed by atoms with E-state index in [2.05, 4.69) is 44.2 Å². The van der Waals surface area contributed by atoms with E-state index in [0.717, 1.165) is 51.4 Å². The molecule has 0 aromatic heterocycles. The maximum atomic E-state index is 12.6. The Morgan fingerprint density at radius 1 is 0.615 bits per heavy atom. The van der Waals surface area contributed by atoms with Crippen molar-refractivity contribution in [2.75, 3.05) is 47.5 Å². The molecule has 10 heteroatoms. The molecule has 0 radical (unpaired) electrons. The summed E-state index contributed by atoms with van der Waals surface area (Å²) in [6.45, 7) is 4.10. The molecule has 0 saturated heterocycles. The maximum Gasteiger partial charge on any atom is 0.472 e. The van der Waals surface area contributed by atoms with Gasteiger partial charge in [0.25, 0.3) is 0 Å². The molecule has 2 atom stereocenters. The molecule has 9 nitrogen and oxygen atoms in total. The van der Waals surface area contributed by atoms with Gasteiger partial charge < -0.3 is 18.9 Å². The SMILES string of the molecule is CC/C=C/C=C/C=C/C=C/C=C/CCCC(=O)OC(COC(=O)CCCCCCCC/C=C/C=C/CCCCC)COP(=O)(O)OCC[N+](C)(C)C. The molecular formula is C42H71NO8P+. The molecule has 0 spiro atoms. The summed E-state index contributed by atoms with van der Waals surface area (Å²) in [5, 5.41) is 0. The maximum absolute atomic E-state index is 12.6. The van der Waals surface area contributed by atoms with E-state index in [9.17, 15) is 19.0 Å². The summed E-state index contributed by atoms with van der Waals surface area (Å²) in [7, 11) is 1.40. The third kappa shape index (κ3) is 37.0. The fourth-order valence-electron chi connectivity index (χ4n) is 4.50. The van der Waals surface area contributed by atoms with Gasteiger partial charge in [0.15, 0.2) is 6.10 Å². The van der Waals surface area contributed by atoms with Crippen molar-refractivity contribution < 1.29 is 42.1 Å². The van der Waals surface area contributed by atoms with E-state index >= 15 is 0 Å². The minimum absolute atomic E-state index is 0.0112. The predicted octanol–water partition coefficient (Wildman–Crippen LogP) is 10.5. The van der Waals surface area contributed by atoms with E-state index in [1.165, 1.54) is 19.3 Å². The number of hydrogen-bond acceptors (Lipinski definition) is 7. The number of phosphoric ester groups is 1. The molecule has 1 N–H and O–H groups in total. The van der Waals surface area contributed by atoms with Gasteiger partial charge >= 0.3 is 19.8 Å². The highest BCUT2D eigenvalue weighted by atomic mass is 31.2. The highest BCUT2D eigenvalue weighted by molar-refractivity contribution is 7.47. The fraction of sp³-hybridized carbons (Fsp3) is 0.619. The second-order valence-electron chi connectivity index (χ2n) is 13.7. The van der Waals surface area contributed by atoms with Gasteiger partial charge in [-0.3, -0.25) is 18.6 Å². The fourth-order valence-corrected chi connectivity index (χ4v) is 5.24. The first-order valence-electron chi connectivity index (χ1n) is 19.4. The molecule has 296 valence electrons. The minimum Gasteiger partial charge on any atom is -0.462 e. The first-order chi connectivity index (χ1) is 25.0. The Balaban J connectivity index is 4.58. The highest BCUT2D eigenvalue weighted by Gasteiger charge is 2.27. The van der Waals surface area contributed by atoms with Crippen LogP contribution in [0, 0.1) is 0 Å². The second kappa shape index (κ2) is 34.0. The lowest BCUT2D eigenvalue weighted by atomic mass is 10.1. The van der Waals surface area contributed by atoms with Crippen molar-refractivity contribution in [2.45, 2.75) is 123 Å². The topological polar surface area (TPSA) is 108 Å². The molecule has 0 aromatic carbocycles. The molecule has 0 amide bonds. The Labute approximate surface area is 316 Å². The summed E-state index contributed by atoms with van der Waals surface area (Å²) in [5.74, 6) is -0.911. The number of quaternary nitrogens is 1. The van der Waals surface area contributed by atoms with Gasteiger partial charge in [0.1, 0.15) is 19.8 Å². The molecule has 52 heavy (non-hydrogen) atoms. The Morgan fingerprint density at radius 3 is 1.71 bits per heavy atom. The third-order valence-electron chi connectivity index (χ3n) is 7.57. The molecule has 0 aliphatic rings. The zero-order valence-corrected chi connectivity index (χ0v) is 33.9. The van der Waals surface area contributed by atoms with E-state index in [1.54, 1.807) is 0 Å². The van der Waals surface area contributed by atoms with Crippen LogP contribution in [0.1, 0.15) is 117 Å². The number of carbonyl (C=O) groups is 2. The summed E-state index contributed by atoms with van der Waals surface area (Å²) in [6.07, 6.45) is 42.2. The molecule has 0 rings (SSSR count). The Morgan fingerprint density at radius 2 is 1.12 bits per heavy atom. The summed E-state index contributed by atoms with van der Waals surface area (Å²) in [4.78, 5) is 35.2. The molecular weight excluding hydrogens is 677 g/mol. The van der Waals surface area contributed by atoms with Crippen molar-refractivity contribution in [3.8, 4) is 0 Å². The van der Waals surface area contributed by atoms with Crippen molar-refractivity contribution in [1.29, 1.82) is 0 Å². The molecule has 0 aromatic rings. The zero-order chi connectivity index (χ0) is 38.6. The molecule has 0 saturated carbocycles. The number of phosphoric acid groups is 1. The van der Waals surface area contributed by atoms with Crippen LogP contribution in [0.15, 0.2) is 85.1 Å². The molecule has 2 unspecified atom stereocenters. The Kier molecular flexibility index (Phi) is 32.2. The van der Waals surface area contributed by atoms with Crippen LogP contribution in [-0.2, 0) is 32.7 Å². The number of nitrogens with zero attached hydrogens (tertiary/aromatic N) is 1. The van der Waals surface area contributed by atoms with Crippen LogP contribution >= 0.6 is 7.82 Å². The van der Waals surface area contributed by atoms with E-state index in [-0.39, 0.29) is 26.1 Å². The van der Waals surface area contributed by atoms with Crippen LogP contribution in [0.2, 0.25) is 0 Å².